The highest BCUT2D eigenvalue weighted by Gasteiger charge is 2.40. The SMILES string of the molecule is Cc1cc(C=O)cc(C(/C=N\F)=C/C=C/C(F)F)c1.FC1(F)CCC(C2CC2)CC1. The topological polar surface area (TPSA) is 29.4 Å². The van der Waals surface area contributed by atoms with E-state index in [9.17, 15) is 26.8 Å². The third kappa shape index (κ3) is 8.20. The fourth-order valence-electron chi connectivity index (χ4n) is 3.66. The van der Waals surface area contributed by atoms with Gasteiger partial charge in [0.05, 0.1) is 6.21 Å². The molecule has 0 atom stereocenters. The third-order valence-corrected chi connectivity index (χ3v) is 5.34. The van der Waals surface area contributed by atoms with E-state index < -0.39 is 12.3 Å². The minimum atomic E-state index is -2.58. The predicted octanol–water partition coefficient (Wildman–Crippen LogP) is 7.19. The van der Waals surface area contributed by atoms with Crippen LogP contribution in [-0.4, -0.2) is 24.8 Å². The van der Waals surface area contributed by atoms with Crippen molar-refractivity contribution in [2.45, 2.75) is 57.8 Å². The number of alkyl halides is 4. The molecule has 0 unspecified atom stereocenters. The number of aryl methyl sites for hydroxylation is 1. The minimum absolute atomic E-state index is 0.147. The number of allylic oxidation sites excluding steroid dienone is 4. The number of rotatable bonds is 6. The fourth-order valence-corrected chi connectivity index (χ4v) is 3.66. The van der Waals surface area contributed by atoms with Crippen molar-refractivity contribution in [1.29, 1.82) is 0 Å². The molecule has 0 bridgehead atoms. The molecule has 30 heavy (non-hydrogen) atoms. The molecule has 2 nitrogen and oxygen atoms in total. The summed E-state index contributed by atoms with van der Waals surface area (Å²) in [7, 11) is 0. The molecule has 164 valence electrons. The molecule has 7 heteroatoms. The lowest BCUT2D eigenvalue weighted by Gasteiger charge is -2.27. The Hall–Kier alpha value is -2.31. The first-order chi connectivity index (χ1) is 14.2. The summed E-state index contributed by atoms with van der Waals surface area (Å²) in [6, 6.07) is 4.90. The predicted molar refractivity (Wildman–Crippen MR) is 109 cm³/mol. The Morgan fingerprint density at radius 3 is 2.27 bits per heavy atom. The Morgan fingerprint density at radius 2 is 1.73 bits per heavy atom. The van der Waals surface area contributed by atoms with Crippen LogP contribution < -0.4 is 0 Å². The van der Waals surface area contributed by atoms with Crippen LogP contribution in [0.3, 0.4) is 0 Å². The maximum atomic E-state index is 12.7. The maximum Gasteiger partial charge on any atom is 0.257 e. The van der Waals surface area contributed by atoms with Crippen molar-refractivity contribution >= 4 is 18.1 Å². The van der Waals surface area contributed by atoms with Crippen molar-refractivity contribution in [2.24, 2.45) is 17.1 Å². The second kappa shape index (κ2) is 11.2. The summed E-state index contributed by atoms with van der Waals surface area (Å²) in [5, 5.41) is 2.39. The molecule has 0 N–H and O–H groups in total. The number of hydrogen-bond donors (Lipinski definition) is 0. The third-order valence-electron chi connectivity index (χ3n) is 5.34. The van der Waals surface area contributed by atoms with Gasteiger partial charge in [0, 0.05) is 24.0 Å². The van der Waals surface area contributed by atoms with Gasteiger partial charge in [0.15, 0.2) is 0 Å². The Labute approximate surface area is 173 Å². The van der Waals surface area contributed by atoms with E-state index in [2.05, 4.69) is 5.21 Å². The molecule has 1 aromatic carbocycles. The first-order valence-electron chi connectivity index (χ1n) is 10.00. The van der Waals surface area contributed by atoms with Gasteiger partial charge < -0.3 is 0 Å². The van der Waals surface area contributed by atoms with Crippen molar-refractivity contribution in [3.8, 4) is 0 Å². The summed E-state index contributed by atoms with van der Waals surface area (Å²) in [5.74, 6) is -0.855. The van der Waals surface area contributed by atoms with E-state index in [0.717, 1.165) is 36.6 Å². The van der Waals surface area contributed by atoms with Gasteiger partial charge in [-0.15, -0.1) is 0 Å². The second-order valence-electron chi connectivity index (χ2n) is 7.85. The van der Waals surface area contributed by atoms with Crippen LogP contribution in [0.15, 0.2) is 41.6 Å². The van der Waals surface area contributed by atoms with E-state index in [1.54, 1.807) is 19.1 Å². The van der Waals surface area contributed by atoms with Crippen LogP contribution >= 0.6 is 0 Å². The largest absolute Gasteiger partial charge is 0.298 e. The smallest absolute Gasteiger partial charge is 0.257 e. The lowest BCUT2D eigenvalue weighted by Crippen LogP contribution is -2.25. The zero-order chi connectivity index (χ0) is 22.1. The summed E-state index contributed by atoms with van der Waals surface area (Å²) in [5.41, 5.74) is 2.05. The highest BCUT2D eigenvalue weighted by molar-refractivity contribution is 6.10. The fraction of sp³-hybridized carbons (Fsp3) is 0.478. The van der Waals surface area contributed by atoms with Gasteiger partial charge in [-0.1, -0.05) is 27.9 Å². The average molecular weight is 427 g/mol. The Kier molecular flexibility index (Phi) is 8.93. The number of benzene rings is 1. The van der Waals surface area contributed by atoms with Gasteiger partial charge in [-0.2, -0.15) is 0 Å². The van der Waals surface area contributed by atoms with Crippen LogP contribution in [-0.2, 0) is 0 Å². The number of halogens is 5. The zero-order valence-corrected chi connectivity index (χ0v) is 16.8. The van der Waals surface area contributed by atoms with Gasteiger partial charge in [-0.25, -0.2) is 17.6 Å². The van der Waals surface area contributed by atoms with Gasteiger partial charge in [0.2, 0.25) is 5.92 Å². The van der Waals surface area contributed by atoms with Crippen LogP contribution in [0.2, 0.25) is 0 Å². The van der Waals surface area contributed by atoms with E-state index in [4.69, 9.17) is 0 Å². The summed E-state index contributed by atoms with van der Waals surface area (Å²) in [4.78, 5) is 10.8. The van der Waals surface area contributed by atoms with Crippen molar-refractivity contribution < 1.29 is 26.8 Å². The van der Waals surface area contributed by atoms with Gasteiger partial charge >= 0.3 is 0 Å². The maximum absolute atomic E-state index is 12.7. The number of carbonyl (C=O) groups is 1. The summed E-state index contributed by atoms with van der Waals surface area (Å²) in [6.45, 7) is 1.77. The van der Waals surface area contributed by atoms with Crippen LogP contribution in [0.25, 0.3) is 5.57 Å². The molecule has 0 heterocycles. The van der Waals surface area contributed by atoms with Gasteiger partial charge in [-0.05, 0) is 73.8 Å². The molecule has 0 aromatic heterocycles. The molecule has 0 saturated heterocycles. The molecule has 2 saturated carbocycles. The monoisotopic (exact) mass is 427 g/mol. The molecule has 2 aliphatic rings. The van der Waals surface area contributed by atoms with Crippen molar-refractivity contribution in [3.63, 3.8) is 0 Å². The Balaban J connectivity index is 0.000000244. The summed E-state index contributed by atoms with van der Waals surface area (Å²) < 4.78 is 61.4. The van der Waals surface area contributed by atoms with Crippen LogP contribution in [0.1, 0.15) is 60.0 Å². The van der Waals surface area contributed by atoms with E-state index in [1.165, 1.54) is 25.0 Å². The molecule has 0 spiro atoms. The molecular formula is C23H26F5NO. The Morgan fingerprint density at radius 1 is 1.10 bits per heavy atom. The second-order valence-corrected chi connectivity index (χ2v) is 7.85. The highest BCUT2D eigenvalue weighted by atomic mass is 19.3. The van der Waals surface area contributed by atoms with Gasteiger partial charge in [0.1, 0.15) is 6.29 Å². The van der Waals surface area contributed by atoms with Crippen molar-refractivity contribution in [1.82, 2.24) is 0 Å². The molecule has 0 aliphatic heterocycles. The van der Waals surface area contributed by atoms with Crippen LogP contribution in [0.5, 0.6) is 0 Å². The molecule has 2 fully saturated rings. The van der Waals surface area contributed by atoms with E-state index in [0.29, 0.717) is 35.0 Å². The summed E-state index contributed by atoms with van der Waals surface area (Å²) >= 11 is 0. The standard InChI is InChI=1S/C14H12F3NO.C9H14F2/c1-10-5-11(9-19)7-13(6-10)12(8-18-17)3-2-4-14(15)16;10-9(11)5-3-8(4-6-9)7-1-2-7/h2-9,14H,1H3;7-8H,1-6H2/b4-2+,12-3+,18-8-;. The van der Waals surface area contributed by atoms with Crippen LogP contribution in [0.4, 0.5) is 22.0 Å². The first-order valence-corrected chi connectivity index (χ1v) is 10.00. The molecule has 0 radical (unpaired) electrons. The molecular weight excluding hydrogens is 401 g/mol. The number of hydrogen-bond acceptors (Lipinski definition) is 2. The zero-order valence-electron chi connectivity index (χ0n) is 16.8. The van der Waals surface area contributed by atoms with E-state index in [-0.39, 0.29) is 12.8 Å². The Bertz CT molecular complexity index is 787. The van der Waals surface area contributed by atoms with Gasteiger partial charge in [0.25, 0.3) is 6.43 Å². The minimum Gasteiger partial charge on any atom is -0.298 e. The molecule has 3 rings (SSSR count). The van der Waals surface area contributed by atoms with Crippen LogP contribution in [0, 0.1) is 18.8 Å². The number of aldehydes is 1. The number of carbonyl (C=O) groups excluding carboxylic acids is 1. The summed E-state index contributed by atoms with van der Waals surface area (Å²) in [6.07, 6.45) is 6.52. The van der Waals surface area contributed by atoms with Crippen molar-refractivity contribution in [3.05, 3.63) is 53.1 Å². The molecule has 1 aromatic rings. The average Bonchev–Trinajstić information content (AvgIpc) is 3.52. The first kappa shape index (κ1) is 24.0. The highest BCUT2D eigenvalue weighted by Crippen LogP contribution is 2.47. The lowest BCUT2D eigenvalue weighted by atomic mass is 9.84. The normalized spacial score (nSPS) is 19.9. The van der Waals surface area contributed by atoms with E-state index in [1.807, 2.05) is 0 Å². The lowest BCUT2D eigenvalue weighted by molar-refractivity contribution is -0.0479. The van der Waals surface area contributed by atoms with Gasteiger partial charge in [-0.3, -0.25) is 4.79 Å². The molecule has 2 aliphatic carbocycles. The quantitative estimate of drug-likeness (QED) is 0.204. The van der Waals surface area contributed by atoms with E-state index >= 15 is 0 Å². The van der Waals surface area contributed by atoms with Crippen molar-refractivity contribution in [2.75, 3.05) is 0 Å². The molecule has 0 amide bonds. The number of nitrogens with zero attached hydrogens (tertiary/aromatic N) is 1.